The van der Waals surface area contributed by atoms with Gasteiger partial charge < -0.3 is 10.2 Å². The molecule has 2 amide bonds. The number of piperidine rings is 1. The molecule has 4 nitrogen and oxygen atoms in total. The van der Waals surface area contributed by atoms with Crippen molar-refractivity contribution in [2.45, 2.75) is 45.4 Å². The van der Waals surface area contributed by atoms with E-state index in [1.165, 1.54) is 6.42 Å². The lowest BCUT2D eigenvalue weighted by Crippen LogP contribution is -2.38. The van der Waals surface area contributed by atoms with Crippen LogP contribution in [0.3, 0.4) is 0 Å². The molecule has 1 fully saturated rings. The minimum atomic E-state index is -0.363. The summed E-state index contributed by atoms with van der Waals surface area (Å²) in [4.78, 5) is 25.0. The van der Waals surface area contributed by atoms with E-state index in [-0.39, 0.29) is 17.7 Å². The molecule has 19 heavy (non-hydrogen) atoms. The topological polar surface area (TPSA) is 49.4 Å². The molecule has 0 unspecified atom stereocenters. The van der Waals surface area contributed by atoms with Gasteiger partial charge in [0.2, 0.25) is 5.91 Å². The Hall–Kier alpha value is -1.50. The van der Waals surface area contributed by atoms with Crippen LogP contribution in [0.4, 0.5) is 0 Å². The highest BCUT2D eigenvalue weighted by atomic mass is 16.2. The van der Waals surface area contributed by atoms with Crippen LogP contribution < -0.4 is 5.32 Å². The molecule has 1 rings (SSSR count). The van der Waals surface area contributed by atoms with Crippen LogP contribution >= 0.6 is 0 Å². The molecule has 1 aliphatic rings. The van der Waals surface area contributed by atoms with Crippen molar-refractivity contribution in [3.8, 4) is 12.3 Å². The van der Waals surface area contributed by atoms with Crippen LogP contribution in [-0.4, -0.2) is 36.3 Å². The first-order valence-corrected chi connectivity index (χ1v) is 7.18. The molecule has 0 radical (unpaired) electrons. The van der Waals surface area contributed by atoms with Gasteiger partial charge in [0.05, 0.1) is 0 Å². The zero-order valence-corrected chi connectivity index (χ0v) is 11.8. The first kappa shape index (κ1) is 15.6. The summed E-state index contributed by atoms with van der Waals surface area (Å²) < 4.78 is 0. The Balaban J connectivity index is 2.13. The Bertz CT molecular complexity index is 341. The van der Waals surface area contributed by atoms with Crippen molar-refractivity contribution in [2.75, 3.05) is 19.6 Å². The van der Waals surface area contributed by atoms with Gasteiger partial charge in [-0.1, -0.05) is 13.3 Å². The van der Waals surface area contributed by atoms with Gasteiger partial charge in [-0.05, 0) is 38.0 Å². The minimum absolute atomic E-state index is 0.0847. The Kier molecular flexibility index (Phi) is 7.02. The lowest BCUT2D eigenvalue weighted by Gasteiger charge is -2.29. The van der Waals surface area contributed by atoms with Gasteiger partial charge in [0.1, 0.15) is 0 Å². The van der Waals surface area contributed by atoms with Crippen molar-refractivity contribution in [3.05, 3.63) is 0 Å². The maximum absolute atomic E-state index is 12.1. The van der Waals surface area contributed by atoms with Crippen molar-refractivity contribution in [2.24, 2.45) is 5.92 Å². The highest BCUT2D eigenvalue weighted by Gasteiger charge is 2.21. The molecule has 0 bridgehead atoms. The number of hydrogen-bond acceptors (Lipinski definition) is 2. The van der Waals surface area contributed by atoms with Crippen LogP contribution in [0, 0.1) is 18.3 Å². The van der Waals surface area contributed by atoms with E-state index in [0.29, 0.717) is 6.54 Å². The third-order valence-electron chi connectivity index (χ3n) is 3.57. The van der Waals surface area contributed by atoms with Gasteiger partial charge in [-0.25, -0.2) is 0 Å². The highest BCUT2D eigenvalue weighted by molar-refractivity contribution is 5.92. The van der Waals surface area contributed by atoms with Crippen LogP contribution in [0.2, 0.25) is 0 Å². The summed E-state index contributed by atoms with van der Waals surface area (Å²) in [6.45, 7) is 4.42. The fraction of sp³-hybridized carbons (Fsp3) is 0.733. The molecule has 1 N–H and O–H groups in total. The maximum Gasteiger partial charge on any atom is 0.295 e. The van der Waals surface area contributed by atoms with E-state index in [1.54, 1.807) is 0 Å². The van der Waals surface area contributed by atoms with E-state index in [0.717, 1.165) is 45.2 Å². The van der Waals surface area contributed by atoms with Gasteiger partial charge in [-0.2, -0.15) is 0 Å². The van der Waals surface area contributed by atoms with E-state index >= 15 is 0 Å². The number of likely N-dealkylation sites (tertiary alicyclic amines) is 1. The van der Waals surface area contributed by atoms with Crippen molar-refractivity contribution < 1.29 is 9.59 Å². The molecule has 0 aromatic rings. The molecule has 1 aliphatic heterocycles. The number of hydrogen-bond donors (Lipinski definition) is 1. The first-order chi connectivity index (χ1) is 9.15. The standard InChI is InChI=1S/C15H24N2O2/c1-3-14(18)16-10-6-5-9-13(2)15(19)17-11-7-4-8-12-17/h1,13H,4-12H2,2H3,(H,16,18)/t13-/m0/s1. The minimum Gasteiger partial charge on any atom is -0.345 e. The molecule has 0 saturated carbocycles. The maximum atomic E-state index is 12.1. The zero-order valence-electron chi connectivity index (χ0n) is 11.8. The normalized spacial score (nSPS) is 16.5. The number of rotatable bonds is 6. The number of nitrogens with one attached hydrogen (secondary N) is 1. The molecule has 1 atom stereocenters. The summed E-state index contributed by atoms with van der Waals surface area (Å²) >= 11 is 0. The molecular weight excluding hydrogens is 240 g/mol. The Morgan fingerprint density at radius 2 is 1.95 bits per heavy atom. The van der Waals surface area contributed by atoms with Gasteiger partial charge in [-0.15, -0.1) is 6.42 Å². The molecular formula is C15H24N2O2. The fourth-order valence-corrected chi connectivity index (χ4v) is 2.38. The molecule has 1 heterocycles. The van der Waals surface area contributed by atoms with E-state index in [4.69, 9.17) is 6.42 Å². The Morgan fingerprint density at radius 1 is 1.26 bits per heavy atom. The molecule has 0 aromatic carbocycles. The summed E-state index contributed by atoms with van der Waals surface area (Å²) in [5.41, 5.74) is 0. The van der Waals surface area contributed by atoms with Gasteiger partial charge in [0, 0.05) is 25.6 Å². The van der Waals surface area contributed by atoms with Crippen molar-refractivity contribution in [3.63, 3.8) is 0 Å². The van der Waals surface area contributed by atoms with Crippen molar-refractivity contribution >= 4 is 11.8 Å². The average Bonchev–Trinajstić information content (AvgIpc) is 2.46. The van der Waals surface area contributed by atoms with Gasteiger partial charge in [0.15, 0.2) is 0 Å². The quantitative estimate of drug-likeness (QED) is 0.584. The van der Waals surface area contributed by atoms with E-state index in [2.05, 4.69) is 5.32 Å². The predicted octanol–water partition coefficient (Wildman–Crippen LogP) is 1.55. The van der Waals surface area contributed by atoms with Gasteiger partial charge in [0.25, 0.3) is 5.91 Å². The third kappa shape index (κ3) is 5.78. The smallest absolute Gasteiger partial charge is 0.295 e. The second kappa shape index (κ2) is 8.58. The second-order valence-corrected chi connectivity index (χ2v) is 5.18. The van der Waals surface area contributed by atoms with E-state index in [9.17, 15) is 9.59 Å². The lowest BCUT2D eigenvalue weighted by atomic mass is 10.0. The van der Waals surface area contributed by atoms with Crippen LogP contribution in [-0.2, 0) is 9.59 Å². The summed E-state index contributed by atoms with van der Waals surface area (Å²) in [6, 6.07) is 0. The van der Waals surface area contributed by atoms with Crippen LogP contribution in [0.25, 0.3) is 0 Å². The Morgan fingerprint density at radius 3 is 2.58 bits per heavy atom. The molecule has 0 spiro atoms. The number of carbonyl (C=O) groups is 2. The zero-order chi connectivity index (χ0) is 14.1. The molecule has 1 saturated heterocycles. The summed E-state index contributed by atoms with van der Waals surface area (Å²) in [5.74, 6) is 2.02. The van der Waals surface area contributed by atoms with Crippen molar-refractivity contribution in [1.29, 1.82) is 0 Å². The first-order valence-electron chi connectivity index (χ1n) is 7.18. The Labute approximate surface area is 115 Å². The van der Waals surface area contributed by atoms with Crippen LogP contribution in [0.5, 0.6) is 0 Å². The fourth-order valence-electron chi connectivity index (χ4n) is 2.38. The number of carbonyl (C=O) groups excluding carboxylic acids is 2. The number of terminal acetylenes is 1. The molecule has 0 aromatic heterocycles. The SMILES string of the molecule is C#CC(=O)NCCCC[C@H](C)C(=O)N1CCCCC1. The van der Waals surface area contributed by atoms with Crippen molar-refractivity contribution in [1.82, 2.24) is 10.2 Å². The molecule has 106 valence electrons. The summed E-state index contributed by atoms with van der Waals surface area (Å²) in [6.07, 6.45) is 11.1. The average molecular weight is 264 g/mol. The highest BCUT2D eigenvalue weighted by Crippen LogP contribution is 2.15. The van der Waals surface area contributed by atoms with Gasteiger partial charge in [-0.3, -0.25) is 9.59 Å². The monoisotopic (exact) mass is 264 g/mol. The number of nitrogens with zero attached hydrogens (tertiary/aromatic N) is 1. The lowest BCUT2D eigenvalue weighted by molar-refractivity contribution is -0.136. The van der Waals surface area contributed by atoms with E-state index in [1.807, 2.05) is 17.7 Å². The number of unbranched alkanes of at least 4 members (excludes halogenated alkanes) is 1. The second-order valence-electron chi connectivity index (χ2n) is 5.18. The van der Waals surface area contributed by atoms with Crippen LogP contribution in [0.1, 0.15) is 45.4 Å². The molecule has 4 heteroatoms. The summed E-state index contributed by atoms with van der Waals surface area (Å²) in [5, 5.41) is 2.63. The van der Waals surface area contributed by atoms with Gasteiger partial charge >= 0.3 is 0 Å². The summed E-state index contributed by atoms with van der Waals surface area (Å²) in [7, 11) is 0. The van der Waals surface area contributed by atoms with E-state index < -0.39 is 0 Å². The van der Waals surface area contributed by atoms with Crippen LogP contribution in [0.15, 0.2) is 0 Å². The molecule has 0 aliphatic carbocycles. The third-order valence-corrected chi connectivity index (χ3v) is 3.57. The number of amides is 2. The predicted molar refractivity (Wildman–Crippen MR) is 75.3 cm³/mol. The largest absolute Gasteiger partial charge is 0.345 e.